The van der Waals surface area contributed by atoms with Gasteiger partial charge in [-0.25, -0.2) is 0 Å². The van der Waals surface area contributed by atoms with Gasteiger partial charge in [0.1, 0.15) is 10.8 Å². The normalized spacial score (nSPS) is 13.1. The van der Waals surface area contributed by atoms with E-state index >= 15 is 0 Å². The van der Waals surface area contributed by atoms with E-state index in [9.17, 15) is 4.79 Å². The predicted molar refractivity (Wildman–Crippen MR) is 108 cm³/mol. The van der Waals surface area contributed by atoms with E-state index in [1.807, 2.05) is 40.6 Å². The molecule has 2 heterocycles. The molecule has 26 heavy (non-hydrogen) atoms. The molecule has 0 saturated carbocycles. The van der Waals surface area contributed by atoms with Crippen molar-refractivity contribution in [3.8, 4) is 0 Å². The Hall–Kier alpha value is -2.83. The van der Waals surface area contributed by atoms with Crippen molar-refractivity contribution in [2.24, 2.45) is 0 Å². The van der Waals surface area contributed by atoms with Gasteiger partial charge in [-0.2, -0.15) is 0 Å². The van der Waals surface area contributed by atoms with Gasteiger partial charge in [0, 0.05) is 22.0 Å². The minimum Gasteiger partial charge on any atom is -0.359 e. The number of carbonyl (C=O) groups excluding carboxylic acids is 1. The summed E-state index contributed by atoms with van der Waals surface area (Å²) in [5.74, 6) is 0.256. The van der Waals surface area contributed by atoms with E-state index in [0.29, 0.717) is 28.8 Å². The third kappa shape index (κ3) is 3.16. The molecule has 1 aliphatic rings. The lowest BCUT2D eigenvalue weighted by molar-refractivity contribution is 0.102. The summed E-state index contributed by atoms with van der Waals surface area (Å²) in [5.41, 5.74) is 2.99. The summed E-state index contributed by atoms with van der Waals surface area (Å²) < 4.78 is 0. The van der Waals surface area contributed by atoms with Gasteiger partial charge in [0.2, 0.25) is 0 Å². The van der Waals surface area contributed by atoms with Crippen molar-refractivity contribution in [1.29, 1.82) is 5.41 Å². The standard InChI is InChI=1S/C19H15ClN4OS/c20-13-3-1-2-12(10-13)18(25)23-14-4-6-15(7-5-14)24-11-22-19-16(17(24)21)8-9-26-19/h1-10,21-22H,11H2,(H,23,25). The number of halogens is 1. The second-order valence-electron chi connectivity index (χ2n) is 5.79. The molecule has 3 aromatic rings. The highest BCUT2D eigenvalue weighted by atomic mass is 35.5. The Morgan fingerprint density at radius 2 is 2.00 bits per heavy atom. The molecule has 0 unspecified atom stereocenters. The van der Waals surface area contributed by atoms with Crippen LogP contribution < -0.4 is 15.5 Å². The number of carbonyl (C=O) groups is 1. The average molecular weight is 383 g/mol. The minimum atomic E-state index is -0.212. The number of anilines is 3. The topological polar surface area (TPSA) is 68.2 Å². The highest BCUT2D eigenvalue weighted by molar-refractivity contribution is 7.14. The van der Waals surface area contributed by atoms with Gasteiger partial charge >= 0.3 is 0 Å². The SMILES string of the molecule is N=C1c2ccsc2NCN1c1ccc(NC(=O)c2cccc(Cl)c2)cc1. The molecule has 0 fully saturated rings. The molecule has 1 aromatic heterocycles. The van der Waals surface area contributed by atoms with Crippen LogP contribution in [0.3, 0.4) is 0 Å². The summed E-state index contributed by atoms with van der Waals surface area (Å²) in [6, 6.07) is 16.2. The largest absolute Gasteiger partial charge is 0.359 e. The number of fused-ring (bicyclic) bond motifs is 1. The van der Waals surface area contributed by atoms with Crippen LogP contribution in [0.5, 0.6) is 0 Å². The number of nitrogens with zero attached hydrogens (tertiary/aromatic N) is 1. The van der Waals surface area contributed by atoms with Crippen LogP contribution in [0.1, 0.15) is 15.9 Å². The number of nitrogens with one attached hydrogen (secondary N) is 3. The summed E-state index contributed by atoms with van der Waals surface area (Å²) in [6.07, 6.45) is 0. The molecule has 4 rings (SSSR count). The van der Waals surface area contributed by atoms with Crippen molar-refractivity contribution in [3.63, 3.8) is 0 Å². The fourth-order valence-corrected chi connectivity index (χ4v) is 3.76. The fourth-order valence-electron chi connectivity index (χ4n) is 2.79. The second kappa shape index (κ2) is 6.82. The fraction of sp³-hybridized carbons (Fsp3) is 0.0526. The Bertz CT molecular complexity index is 983. The van der Waals surface area contributed by atoms with Crippen LogP contribution >= 0.6 is 22.9 Å². The molecule has 2 aromatic carbocycles. The van der Waals surface area contributed by atoms with Crippen LogP contribution in [0.25, 0.3) is 0 Å². The molecule has 1 aliphatic heterocycles. The summed E-state index contributed by atoms with van der Waals surface area (Å²) >= 11 is 7.53. The summed E-state index contributed by atoms with van der Waals surface area (Å²) in [5, 5.41) is 18.1. The minimum absolute atomic E-state index is 0.212. The highest BCUT2D eigenvalue weighted by Gasteiger charge is 2.22. The van der Waals surface area contributed by atoms with Gasteiger partial charge in [-0.15, -0.1) is 11.3 Å². The van der Waals surface area contributed by atoms with Gasteiger partial charge in [0.15, 0.2) is 0 Å². The molecule has 1 amide bonds. The molecular formula is C19H15ClN4OS. The average Bonchev–Trinajstić information content (AvgIpc) is 3.13. The molecule has 7 heteroatoms. The van der Waals surface area contributed by atoms with Gasteiger partial charge in [0.05, 0.1) is 12.2 Å². The molecule has 0 bridgehead atoms. The summed E-state index contributed by atoms with van der Waals surface area (Å²) in [4.78, 5) is 14.2. The Morgan fingerprint density at radius 3 is 2.77 bits per heavy atom. The van der Waals surface area contributed by atoms with Crippen LogP contribution in [0.15, 0.2) is 60.0 Å². The van der Waals surface area contributed by atoms with Crippen LogP contribution in [0, 0.1) is 5.41 Å². The molecule has 130 valence electrons. The zero-order valence-electron chi connectivity index (χ0n) is 13.6. The molecule has 5 nitrogen and oxygen atoms in total. The number of amides is 1. The number of rotatable bonds is 3. The number of hydrogen-bond acceptors (Lipinski definition) is 4. The van der Waals surface area contributed by atoms with E-state index in [0.717, 1.165) is 16.3 Å². The lowest BCUT2D eigenvalue weighted by atomic mass is 10.2. The first-order valence-electron chi connectivity index (χ1n) is 7.96. The number of benzene rings is 2. The maximum Gasteiger partial charge on any atom is 0.255 e. The quantitative estimate of drug-likeness (QED) is 0.605. The van der Waals surface area contributed by atoms with Crippen LogP contribution in [-0.2, 0) is 0 Å². The van der Waals surface area contributed by atoms with Crippen molar-refractivity contribution in [3.05, 3.63) is 76.1 Å². The van der Waals surface area contributed by atoms with Gasteiger partial charge in [-0.3, -0.25) is 10.2 Å². The summed E-state index contributed by atoms with van der Waals surface area (Å²) in [7, 11) is 0. The van der Waals surface area contributed by atoms with Crippen molar-refractivity contribution in [1.82, 2.24) is 0 Å². The van der Waals surface area contributed by atoms with Crippen LogP contribution in [0.2, 0.25) is 5.02 Å². The highest BCUT2D eigenvalue weighted by Crippen LogP contribution is 2.30. The third-order valence-corrected chi connectivity index (χ3v) is 5.22. The summed E-state index contributed by atoms with van der Waals surface area (Å²) in [6.45, 7) is 0.542. The molecule has 3 N–H and O–H groups in total. The van der Waals surface area contributed by atoms with E-state index in [2.05, 4.69) is 10.6 Å². The van der Waals surface area contributed by atoms with Gasteiger partial charge < -0.3 is 15.5 Å². The first-order valence-corrected chi connectivity index (χ1v) is 9.22. The molecule has 0 atom stereocenters. The van der Waals surface area contributed by atoms with Crippen molar-refractivity contribution in [2.45, 2.75) is 0 Å². The first kappa shape index (κ1) is 16.6. The van der Waals surface area contributed by atoms with E-state index in [1.54, 1.807) is 35.6 Å². The van der Waals surface area contributed by atoms with E-state index in [4.69, 9.17) is 17.0 Å². The Labute approximate surface area is 159 Å². The molecular weight excluding hydrogens is 368 g/mol. The van der Waals surface area contributed by atoms with E-state index in [1.165, 1.54) is 0 Å². The first-order chi connectivity index (χ1) is 12.6. The molecule has 0 aliphatic carbocycles. The Balaban J connectivity index is 1.49. The Kier molecular flexibility index (Phi) is 4.36. The monoisotopic (exact) mass is 382 g/mol. The van der Waals surface area contributed by atoms with Crippen LogP contribution in [0.4, 0.5) is 16.4 Å². The molecule has 0 radical (unpaired) electrons. The maximum atomic E-state index is 12.3. The lowest BCUT2D eigenvalue weighted by Crippen LogP contribution is -2.39. The number of thiophene rings is 1. The molecule has 0 saturated heterocycles. The molecule has 0 spiro atoms. The Morgan fingerprint density at radius 1 is 1.19 bits per heavy atom. The van der Waals surface area contributed by atoms with Crippen LogP contribution in [-0.4, -0.2) is 18.4 Å². The van der Waals surface area contributed by atoms with E-state index < -0.39 is 0 Å². The number of hydrogen-bond donors (Lipinski definition) is 3. The predicted octanol–water partition coefficient (Wildman–Crippen LogP) is 4.87. The van der Waals surface area contributed by atoms with Crippen molar-refractivity contribution < 1.29 is 4.79 Å². The third-order valence-electron chi connectivity index (χ3n) is 4.11. The van der Waals surface area contributed by atoms with Gasteiger partial charge in [-0.1, -0.05) is 17.7 Å². The zero-order valence-corrected chi connectivity index (χ0v) is 15.2. The lowest BCUT2D eigenvalue weighted by Gasteiger charge is -2.30. The smallest absolute Gasteiger partial charge is 0.255 e. The van der Waals surface area contributed by atoms with Gasteiger partial charge in [0.25, 0.3) is 5.91 Å². The van der Waals surface area contributed by atoms with Crippen molar-refractivity contribution in [2.75, 3.05) is 22.2 Å². The number of amidine groups is 1. The van der Waals surface area contributed by atoms with Crippen molar-refractivity contribution >= 4 is 51.1 Å². The van der Waals surface area contributed by atoms with E-state index in [-0.39, 0.29) is 5.91 Å². The zero-order chi connectivity index (χ0) is 18.1. The maximum absolute atomic E-state index is 12.3. The van der Waals surface area contributed by atoms with Gasteiger partial charge in [-0.05, 0) is 53.9 Å². The second-order valence-corrected chi connectivity index (χ2v) is 7.14.